The van der Waals surface area contributed by atoms with Gasteiger partial charge in [0.2, 0.25) is 0 Å². The van der Waals surface area contributed by atoms with Crippen molar-refractivity contribution in [3.05, 3.63) is 420 Å². The molecule has 600 valence electrons. The van der Waals surface area contributed by atoms with E-state index in [1.165, 1.54) is 141 Å². The van der Waals surface area contributed by atoms with Crippen LogP contribution in [-0.2, 0) is 0 Å². The Morgan fingerprint density at radius 3 is 0.876 bits per heavy atom. The van der Waals surface area contributed by atoms with Crippen molar-refractivity contribution in [2.75, 3.05) is 0 Å². The SMILES string of the molecule is c1ccc(-n2c3ccccc3c3c2ccc2c4c5c6cnccc6c6nccn6c5ccc4n(-c4ccccc4)c23)cc1.c1ccc(-n2c3ccccc3c3c4c5cnccc5c5nccn5c4c4c(c5ccccc5n4-c4ccccc4)c32)cc1.c1ccc(-n2c3ccccc3c3c4c5cnccc5c5nccn5c4c4c5ccccc5n(-c5ccccc5)c4c32)cc1. The van der Waals surface area contributed by atoms with Crippen molar-refractivity contribution in [2.45, 2.75) is 0 Å². The van der Waals surface area contributed by atoms with Crippen LogP contribution in [-0.4, -0.2) is 70.5 Å². The van der Waals surface area contributed by atoms with Crippen molar-refractivity contribution in [2.24, 2.45) is 0 Å². The van der Waals surface area contributed by atoms with Crippen molar-refractivity contribution in [3.63, 3.8) is 0 Å². The number of aromatic nitrogens is 15. The molecular weight excluding hydrogens is 1580 g/mol. The van der Waals surface area contributed by atoms with Crippen LogP contribution in [0.2, 0.25) is 0 Å². The van der Waals surface area contributed by atoms with E-state index in [-0.39, 0.29) is 0 Å². The number of rotatable bonds is 6. The van der Waals surface area contributed by atoms with Crippen molar-refractivity contribution >= 4 is 213 Å². The highest BCUT2D eigenvalue weighted by Crippen LogP contribution is 2.53. The first-order valence-corrected chi connectivity index (χ1v) is 43.5. The minimum Gasteiger partial charge on any atom is -0.309 e. The molecule has 0 unspecified atom stereocenters. The van der Waals surface area contributed by atoms with E-state index in [0.717, 1.165) is 105 Å². The molecule has 15 aromatic carbocycles. The summed E-state index contributed by atoms with van der Waals surface area (Å²) in [4.78, 5) is 28.4. The van der Waals surface area contributed by atoms with Gasteiger partial charge in [-0.25, -0.2) is 15.0 Å². The first-order chi connectivity index (χ1) is 64.2. The van der Waals surface area contributed by atoms with Gasteiger partial charge in [-0.2, -0.15) is 0 Å². The number of hydrogen-bond donors (Lipinski definition) is 0. The van der Waals surface area contributed by atoms with Crippen molar-refractivity contribution in [3.8, 4) is 34.1 Å². The van der Waals surface area contributed by atoms with Gasteiger partial charge in [-0.15, -0.1) is 0 Å². The van der Waals surface area contributed by atoms with Crippen LogP contribution in [0, 0.1) is 0 Å². The summed E-state index contributed by atoms with van der Waals surface area (Å²) in [5, 5.41) is 24.8. The van der Waals surface area contributed by atoms with E-state index in [9.17, 15) is 0 Å². The molecule has 0 radical (unpaired) electrons. The van der Waals surface area contributed by atoms with Crippen LogP contribution in [0.25, 0.3) is 247 Å². The Bertz CT molecular complexity index is 9900. The molecule has 0 aliphatic carbocycles. The molecular formula is C114H69N15. The zero-order chi connectivity index (χ0) is 84.2. The Labute approximate surface area is 732 Å². The molecule has 0 bridgehead atoms. The van der Waals surface area contributed by atoms with Gasteiger partial charge in [0.15, 0.2) is 0 Å². The van der Waals surface area contributed by atoms with Crippen LogP contribution in [0.5, 0.6) is 0 Å². The third kappa shape index (κ3) is 9.83. The second-order valence-corrected chi connectivity index (χ2v) is 33.3. The molecule has 0 fully saturated rings. The van der Waals surface area contributed by atoms with E-state index in [0.29, 0.717) is 0 Å². The lowest BCUT2D eigenvalue weighted by Gasteiger charge is -2.16. The highest BCUT2D eigenvalue weighted by Gasteiger charge is 2.32. The zero-order valence-electron chi connectivity index (χ0n) is 69.0. The van der Waals surface area contributed by atoms with E-state index >= 15 is 0 Å². The maximum atomic E-state index is 4.88. The predicted molar refractivity (Wildman–Crippen MR) is 530 cm³/mol. The number of imidazole rings is 3. The van der Waals surface area contributed by atoms with Gasteiger partial charge in [0.1, 0.15) is 16.9 Å². The van der Waals surface area contributed by atoms with Crippen LogP contribution in [0.3, 0.4) is 0 Å². The average molecular weight is 1650 g/mol. The van der Waals surface area contributed by atoms with E-state index in [1.54, 1.807) is 0 Å². The van der Waals surface area contributed by atoms with Crippen molar-refractivity contribution in [1.82, 2.24) is 70.5 Å². The number of nitrogens with zero attached hydrogens (tertiary/aromatic N) is 15. The maximum absolute atomic E-state index is 4.88. The third-order valence-electron chi connectivity index (χ3n) is 26.8. The molecule has 129 heavy (non-hydrogen) atoms. The fourth-order valence-corrected chi connectivity index (χ4v) is 22.0. The second kappa shape index (κ2) is 27.3. The van der Waals surface area contributed by atoms with Gasteiger partial charge in [0.25, 0.3) is 0 Å². The topological polar surface area (TPSA) is 120 Å². The summed E-state index contributed by atoms with van der Waals surface area (Å²) in [6.45, 7) is 0. The van der Waals surface area contributed by atoms with Crippen LogP contribution in [0.1, 0.15) is 0 Å². The van der Waals surface area contributed by atoms with Gasteiger partial charge >= 0.3 is 0 Å². The minimum atomic E-state index is 0.933. The molecule has 0 aliphatic heterocycles. The largest absolute Gasteiger partial charge is 0.309 e. The summed E-state index contributed by atoms with van der Waals surface area (Å²) in [6.07, 6.45) is 23.6. The average Bonchev–Trinajstić information content (AvgIpc) is 1.51. The number of para-hydroxylation sites is 11. The molecule has 15 nitrogen and oxygen atoms in total. The van der Waals surface area contributed by atoms with Gasteiger partial charge in [0.05, 0.1) is 82.8 Å². The lowest BCUT2D eigenvalue weighted by atomic mass is 9.98. The van der Waals surface area contributed by atoms with Crippen LogP contribution in [0.15, 0.2) is 420 Å². The highest BCUT2D eigenvalue weighted by molar-refractivity contribution is 6.43. The Balaban J connectivity index is 0.0000000976. The second-order valence-electron chi connectivity index (χ2n) is 33.3. The van der Waals surface area contributed by atoms with Gasteiger partial charge in [0, 0.05) is 222 Å². The summed E-state index contributed by atoms with van der Waals surface area (Å²) in [5.41, 5.74) is 27.2. The number of fused-ring (bicyclic) bond motifs is 44. The van der Waals surface area contributed by atoms with Gasteiger partial charge in [-0.3, -0.25) is 28.2 Å². The molecule has 0 atom stereocenters. The minimum absolute atomic E-state index is 0.933. The predicted octanol–water partition coefficient (Wildman–Crippen LogP) is 27.7. The van der Waals surface area contributed by atoms with E-state index < -0.39 is 0 Å². The van der Waals surface area contributed by atoms with Crippen molar-refractivity contribution in [1.29, 1.82) is 0 Å². The van der Waals surface area contributed by atoms with Gasteiger partial charge < -0.3 is 27.4 Å². The van der Waals surface area contributed by atoms with Crippen LogP contribution < -0.4 is 0 Å². The monoisotopic (exact) mass is 1650 g/mol. The lowest BCUT2D eigenvalue weighted by molar-refractivity contribution is 1.15. The quantitative estimate of drug-likeness (QED) is 0.153. The highest BCUT2D eigenvalue weighted by atomic mass is 15.1. The fourth-order valence-electron chi connectivity index (χ4n) is 22.0. The Morgan fingerprint density at radius 2 is 0.426 bits per heavy atom. The van der Waals surface area contributed by atoms with Crippen LogP contribution in [0.4, 0.5) is 0 Å². The number of benzene rings is 15. The maximum Gasteiger partial charge on any atom is 0.145 e. The number of pyridine rings is 6. The molecule has 15 heteroatoms. The van der Waals surface area contributed by atoms with Gasteiger partial charge in [-0.1, -0.05) is 206 Å². The molecule has 30 aromatic rings. The first-order valence-electron chi connectivity index (χ1n) is 43.5. The molecule has 0 spiro atoms. The zero-order valence-corrected chi connectivity index (χ0v) is 69.0. The molecule has 15 aromatic heterocycles. The summed E-state index contributed by atoms with van der Waals surface area (Å²) in [7, 11) is 0. The third-order valence-corrected chi connectivity index (χ3v) is 26.8. The molecule has 0 saturated carbocycles. The van der Waals surface area contributed by atoms with E-state index in [4.69, 9.17) is 15.0 Å². The summed E-state index contributed by atoms with van der Waals surface area (Å²) in [6, 6.07) is 124. The van der Waals surface area contributed by atoms with Crippen molar-refractivity contribution < 1.29 is 0 Å². The van der Waals surface area contributed by atoms with E-state index in [1.807, 2.05) is 55.8 Å². The normalized spacial score (nSPS) is 12.2. The molecule has 30 rings (SSSR count). The molecule has 0 amide bonds. The summed E-state index contributed by atoms with van der Waals surface area (Å²) in [5.74, 6) is 0. The smallest absolute Gasteiger partial charge is 0.145 e. The van der Waals surface area contributed by atoms with Crippen LogP contribution >= 0.6 is 0 Å². The Kier molecular flexibility index (Phi) is 15.0. The lowest BCUT2D eigenvalue weighted by Crippen LogP contribution is -2.00. The molecule has 0 saturated heterocycles. The first kappa shape index (κ1) is 70.7. The molecule has 0 aliphatic rings. The van der Waals surface area contributed by atoms with Gasteiger partial charge in [-0.05, 0) is 140 Å². The Morgan fingerprint density at radius 1 is 0.147 bits per heavy atom. The summed E-state index contributed by atoms with van der Waals surface area (Å²) < 4.78 is 21.4. The Hall–Kier alpha value is -17.8. The standard InChI is InChI=1S/3C38H23N5/c1-3-11-24(12-4-1)42-30-17-9-7-15-27(30)32-33-29-23-39-20-19-26(29)38-40-21-22-41(38)35(33)34-28-16-8-10-18-31(28)43(37(34)36(32)42)25-13-5-2-6-14-25;1-3-11-24(12-4-1)42-30-17-9-7-15-27(30)32-33-29-23-39-20-19-26(29)38-40-21-22-41(38)36(33)37-34(35(32)42)28-16-8-10-18-31(28)43(37)25-13-5-2-6-14-25;1-3-9-24(10-4-1)42-30-14-8-7-13-27(30)36-33(42)16-15-28-34-32(43(37(28)36)25-11-5-2-6-12-25)18-17-31-35(34)29-23-39-20-19-26(29)38-40-21-22-41(31)38/h3*1-23H. The number of hydrogen-bond acceptors (Lipinski definition) is 6. The molecule has 15 heterocycles. The summed E-state index contributed by atoms with van der Waals surface area (Å²) >= 11 is 0. The fraction of sp³-hybridized carbons (Fsp3) is 0. The molecule has 0 N–H and O–H groups in total. The van der Waals surface area contributed by atoms with E-state index in [2.05, 4.69) is 420 Å².